The predicted octanol–water partition coefficient (Wildman–Crippen LogP) is 3.28. The summed E-state index contributed by atoms with van der Waals surface area (Å²) >= 11 is 1.30. The van der Waals surface area contributed by atoms with Crippen LogP contribution in [-0.4, -0.2) is 32.3 Å². The summed E-state index contributed by atoms with van der Waals surface area (Å²) in [5.41, 5.74) is 1.56. The molecule has 8 heteroatoms. The smallest absolute Gasteiger partial charge is 0.257 e. The van der Waals surface area contributed by atoms with E-state index in [1.54, 1.807) is 42.7 Å². The molecule has 0 fully saturated rings. The van der Waals surface area contributed by atoms with Gasteiger partial charge in [-0.05, 0) is 31.2 Å². The third-order valence-corrected chi connectivity index (χ3v) is 4.71. The van der Waals surface area contributed by atoms with Gasteiger partial charge in [-0.1, -0.05) is 42.1 Å². The van der Waals surface area contributed by atoms with Crippen molar-refractivity contribution in [2.24, 2.45) is 0 Å². The van der Waals surface area contributed by atoms with Crippen molar-refractivity contribution in [3.63, 3.8) is 0 Å². The van der Waals surface area contributed by atoms with Crippen molar-refractivity contribution in [3.8, 4) is 0 Å². The third kappa shape index (κ3) is 4.95. The molecule has 0 atom stereocenters. The van der Waals surface area contributed by atoms with Crippen LogP contribution in [-0.2, 0) is 11.3 Å². The second-order valence-corrected chi connectivity index (χ2v) is 6.54. The number of thioether (sulfide) groups is 1. The first-order chi connectivity index (χ1) is 13.2. The zero-order valence-electron chi connectivity index (χ0n) is 14.8. The summed E-state index contributed by atoms with van der Waals surface area (Å²) in [7, 11) is 0. The van der Waals surface area contributed by atoms with Crippen molar-refractivity contribution in [1.29, 1.82) is 0 Å². The molecule has 3 rings (SSSR count). The van der Waals surface area contributed by atoms with Gasteiger partial charge in [0.25, 0.3) is 5.91 Å². The summed E-state index contributed by atoms with van der Waals surface area (Å²) in [6.07, 6.45) is 1.63. The molecule has 0 aliphatic rings. The number of anilines is 2. The van der Waals surface area contributed by atoms with E-state index in [2.05, 4.69) is 20.8 Å². The first-order valence-corrected chi connectivity index (χ1v) is 9.42. The van der Waals surface area contributed by atoms with Gasteiger partial charge in [-0.15, -0.1) is 10.2 Å². The van der Waals surface area contributed by atoms with E-state index in [1.807, 2.05) is 29.7 Å². The Morgan fingerprint density at radius 3 is 2.56 bits per heavy atom. The van der Waals surface area contributed by atoms with Crippen LogP contribution in [0, 0.1) is 0 Å². The van der Waals surface area contributed by atoms with Crippen molar-refractivity contribution < 1.29 is 9.59 Å². The maximum Gasteiger partial charge on any atom is 0.257 e. The Labute approximate surface area is 161 Å². The summed E-state index contributed by atoms with van der Waals surface area (Å²) in [6.45, 7) is 2.72. The fourth-order valence-electron chi connectivity index (χ4n) is 2.40. The summed E-state index contributed by atoms with van der Waals surface area (Å²) in [6, 6.07) is 16.1. The highest BCUT2D eigenvalue weighted by Gasteiger charge is 2.14. The number of carbonyl (C=O) groups excluding carboxylic acids is 2. The molecule has 2 N–H and O–H groups in total. The van der Waals surface area contributed by atoms with Gasteiger partial charge in [0.2, 0.25) is 5.91 Å². The predicted molar refractivity (Wildman–Crippen MR) is 106 cm³/mol. The Morgan fingerprint density at radius 1 is 1.04 bits per heavy atom. The van der Waals surface area contributed by atoms with Crippen LogP contribution < -0.4 is 10.6 Å². The molecule has 0 aliphatic carbocycles. The van der Waals surface area contributed by atoms with Crippen molar-refractivity contribution in [2.45, 2.75) is 18.6 Å². The number of hydrogen-bond acceptors (Lipinski definition) is 5. The Bertz CT molecular complexity index is 927. The molecule has 3 aromatic rings. The van der Waals surface area contributed by atoms with E-state index in [0.29, 0.717) is 22.1 Å². The molecule has 0 aliphatic heterocycles. The lowest BCUT2D eigenvalue weighted by Gasteiger charge is -2.11. The molecule has 0 bridgehead atoms. The van der Waals surface area contributed by atoms with Crippen LogP contribution in [0.3, 0.4) is 0 Å². The van der Waals surface area contributed by atoms with Crippen molar-refractivity contribution >= 4 is 35.0 Å². The number of carbonyl (C=O) groups is 2. The molecule has 0 radical (unpaired) electrons. The largest absolute Gasteiger partial charge is 0.325 e. The minimum absolute atomic E-state index is 0.174. The highest BCUT2D eigenvalue weighted by molar-refractivity contribution is 7.99. The van der Waals surface area contributed by atoms with Gasteiger partial charge in [0.1, 0.15) is 6.33 Å². The van der Waals surface area contributed by atoms with Crippen LogP contribution in [0.25, 0.3) is 0 Å². The zero-order chi connectivity index (χ0) is 19.1. The van der Waals surface area contributed by atoms with Gasteiger partial charge in [0.15, 0.2) is 5.16 Å². The lowest BCUT2D eigenvalue weighted by atomic mass is 10.1. The van der Waals surface area contributed by atoms with Gasteiger partial charge in [-0.3, -0.25) is 9.59 Å². The standard InChI is InChI=1S/C19H19N5O2S/c1-2-24-13-20-23-19(24)27-12-17(25)22-16-11-7-6-10-15(16)18(26)21-14-8-4-3-5-9-14/h3-11,13H,2,12H2,1H3,(H,21,26)(H,22,25). The number of hydrogen-bond donors (Lipinski definition) is 2. The fourth-order valence-corrected chi connectivity index (χ4v) is 3.18. The Hall–Kier alpha value is -3.13. The lowest BCUT2D eigenvalue weighted by Crippen LogP contribution is -2.19. The van der Waals surface area contributed by atoms with Crippen molar-refractivity contribution in [3.05, 3.63) is 66.5 Å². The van der Waals surface area contributed by atoms with E-state index in [0.717, 1.165) is 6.54 Å². The maximum absolute atomic E-state index is 12.6. The van der Waals surface area contributed by atoms with E-state index in [4.69, 9.17) is 0 Å². The summed E-state index contributed by atoms with van der Waals surface area (Å²) in [4.78, 5) is 24.9. The summed E-state index contributed by atoms with van der Waals surface area (Å²) in [5, 5.41) is 14.1. The number of aryl methyl sites for hydroxylation is 1. The second kappa shape index (κ2) is 9.00. The van der Waals surface area contributed by atoms with Crippen LogP contribution >= 0.6 is 11.8 Å². The van der Waals surface area contributed by atoms with Crippen molar-refractivity contribution in [1.82, 2.24) is 14.8 Å². The first-order valence-electron chi connectivity index (χ1n) is 8.43. The van der Waals surface area contributed by atoms with Gasteiger partial charge in [-0.25, -0.2) is 0 Å². The quantitative estimate of drug-likeness (QED) is 0.613. The minimum atomic E-state index is -0.282. The molecule has 1 heterocycles. The van der Waals surface area contributed by atoms with E-state index in [1.165, 1.54) is 11.8 Å². The van der Waals surface area contributed by atoms with E-state index >= 15 is 0 Å². The van der Waals surface area contributed by atoms with Crippen LogP contribution in [0.5, 0.6) is 0 Å². The average Bonchev–Trinajstić information content (AvgIpc) is 3.15. The molecule has 0 spiro atoms. The number of rotatable bonds is 7. The van der Waals surface area contributed by atoms with Gasteiger partial charge >= 0.3 is 0 Å². The minimum Gasteiger partial charge on any atom is -0.325 e. The number of aromatic nitrogens is 3. The van der Waals surface area contributed by atoms with E-state index < -0.39 is 0 Å². The molecule has 0 unspecified atom stereocenters. The molecule has 2 aromatic carbocycles. The van der Waals surface area contributed by atoms with Gasteiger partial charge < -0.3 is 15.2 Å². The Morgan fingerprint density at radius 2 is 1.78 bits per heavy atom. The van der Waals surface area contributed by atoms with Crippen molar-refractivity contribution in [2.75, 3.05) is 16.4 Å². The Kier molecular flexibility index (Phi) is 6.22. The maximum atomic E-state index is 12.6. The number of amides is 2. The average molecular weight is 381 g/mol. The number of nitrogens with one attached hydrogen (secondary N) is 2. The van der Waals surface area contributed by atoms with E-state index in [-0.39, 0.29) is 17.6 Å². The monoisotopic (exact) mass is 381 g/mol. The summed E-state index contributed by atoms with van der Waals surface area (Å²) < 4.78 is 1.86. The highest BCUT2D eigenvalue weighted by Crippen LogP contribution is 2.19. The van der Waals surface area contributed by atoms with E-state index in [9.17, 15) is 9.59 Å². The molecular weight excluding hydrogens is 362 g/mol. The van der Waals surface area contributed by atoms with Gasteiger partial charge in [0.05, 0.1) is 17.0 Å². The topological polar surface area (TPSA) is 88.9 Å². The SMILES string of the molecule is CCn1cnnc1SCC(=O)Nc1ccccc1C(=O)Nc1ccccc1. The van der Waals surface area contributed by atoms with Gasteiger partial charge in [-0.2, -0.15) is 0 Å². The first kappa shape index (κ1) is 18.7. The fraction of sp³-hybridized carbons (Fsp3) is 0.158. The van der Waals surface area contributed by atoms with Crippen LogP contribution in [0.15, 0.2) is 66.1 Å². The molecule has 1 aromatic heterocycles. The molecule has 0 saturated carbocycles. The zero-order valence-corrected chi connectivity index (χ0v) is 15.6. The normalized spacial score (nSPS) is 10.4. The lowest BCUT2D eigenvalue weighted by molar-refractivity contribution is -0.113. The summed E-state index contributed by atoms with van der Waals surface area (Å²) in [5.74, 6) is -0.325. The number of nitrogens with zero attached hydrogens (tertiary/aromatic N) is 3. The molecule has 2 amide bonds. The molecule has 0 saturated heterocycles. The number of para-hydroxylation sites is 2. The third-order valence-electron chi connectivity index (χ3n) is 3.73. The van der Waals surface area contributed by atoms with Crippen LogP contribution in [0.2, 0.25) is 0 Å². The van der Waals surface area contributed by atoms with Gasteiger partial charge in [0, 0.05) is 12.2 Å². The number of benzene rings is 2. The van der Waals surface area contributed by atoms with Crippen LogP contribution in [0.4, 0.5) is 11.4 Å². The second-order valence-electron chi connectivity index (χ2n) is 5.60. The Balaban J connectivity index is 1.65. The van der Waals surface area contributed by atoms with Crippen LogP contribution in [0.1, 0.15) is 17.3 Å². The molecule has 138 valence electrons. The molecule has 27 heavy (non-hydrogen) atoms. The molecular formula is C19H19N5O2S. The highest BCUT2D eigenvalue weighted by atomic mass is 32.2. The molecule has 7 nitrogen and oxygen atoms in total.